The molecule has 0 spiro atoms. The van der Waals surface area contributed by atoms with Gasteiger partial charge in [-0.2, -0.15) is 5.26 Å². The van der Waals surface area contributed by atoms with E-state index in [2.05, 4.69) is 16.1 Å². The fourth-order valence-electron chi connectivity index (χ4n) is 1.17. The van der Waals surface area contributed by atoms with Crippen LogP contribution >= 0.6 is 11.3 Å². The van der Waals surface area contributed by atoms with Gasteiger partial charge >= 0.3 is 5.97 Å². The summed E-state index contributed by atoms with van der Waals surface area (Å²) in [6.45, 7) is 4.07. The average molecular weight is 238 g/mol. The largest absolute Gasteiger partial charge is 0.468 e. The van der Waals surface area contributed by atoms with Crippen molar-refractivity contribution in [3.8, 4) is 6.07 Å². The molecule has 86 valence electrons. The molecule has 0 saturated heterocycles. The molecule has 0 atom stereocenters. The molecule has 16 heavy (non-hydrogen) atoms. The van der Waals surface area contributed by atoms with Crippen LogP contribution in [0.2, 0.25) is 0 Å². The van der Waals surface area contributed by atoms with Gasteiger partial charge in [0.1, 0.15) is 11.6 Å². The van der Waals surface area contributed by atoms with E-state index in [1.807, 2.05) is 6.07 Å². The van der Waals surface area contributed by atoms with Crippen LogP contribution in [0.4, 0.5) is 0 Å². The third-order valence-electron chi connectivity index (χ3n) is 2.18. The van der Waals surface area contributed by atoms with Crippen molar-refractivity contribution in [2.45, 2.75) is 25.9 Å². The number of methoxy groups -OCH3 is 1. The van der Waals surface area contributed by atoms with Crippen LogP contribution in [0.5, 0.6) is 0 Å². The van der Waals surface area contributed by atoms with Crippen LogP contribution in [-0.2, 0) is 16.1 Å². The van der Waals surface area contributed by atoms with Gasteiger partial charge < -0.3 is 4.74 Å². The maximum absolute atomic E-state index is 11.4. The predicted octanol–water partition coefficient (Wildman–Crippen LogP) is 1.66. The zero-order chi connectivity index (χ0) is 12.2. The zero-order valence-electron chi connectivity index (χ0n) is 9.53. The van der Waals surface area contributed by atoms with Gasteiger partial charge in [-0.1, -0.05) is 0 Å². The molecule has 0 aromatic carbocycles. The van der Waals surface area contributed by atoms with E-state index in [1.165, 1.54) is 18.4 Å². The van der Waals surface area contributed by atoms with Crippen molar-refractivity contribution in [3.05, 3.63) is 21.9 Å². The summed E-state index contributed by atoms with van der Waals surface area (Å²) in [7, 11) is 1.37. The van der Waals surface area contributed by atoms with E-state index in [1.54, 1.807) is 19.2 Å². The highest BCUT2D eigenvalue weighted by Gasteiger charge is 2.27. The zero-order valence-corrected chi connectivity index (χ0v) is 10.4. The molecule has 4 nitrogen and oxygen atoms in total. The lowest BCUT2D eigenvalue weighted by molar-refractivity contribution is -0.147. The molecule has 1 rings (SSSR count). The number of nitriles is 1. The number of ether oxygens (including phenoxy) is 1. The summed E-state index contributed by atoms with van der Waals surface area (Å²) in [6, 6.07) is 3.88. The molecular formula is C11H14N2O2S. The van der Waals surface area contributed by atoms with E-state index >= 15 is 0 Å². The van der Waals surface area contributed by atoms with Crippen LogP contribution in [0.25, 0.3) is 0 Å². The molecule has 0 aliphatic rings. The Hall–Kier alpha value is -1.38. The van der Waals surface area contributed by atoms with Crippen molar-refractivity contribution in [2.24, 2.45) is 0 Å². The fraction of sp³-hybridized carbons (Fsp3) is 0.455. The summed E-state index contributed by atoms with van der Waals surface area (Å²) in [6.07, 6.45) is 0. The first-order chi connectivity index (χ1) is 7.49. The molecule has 0 aliphatic carbocycles. The molecule has 0 saturated carbocycles. The van der Waals surface area contributed by atoms with Gasteiger partial charge in [-0.3, -0.25) is 10.1 Å². The molecule has 1 aromatic rings. The van der Waals surface area contributed by atoms with Crippen LogP contribution in [0.15, 0.2) is 11.4 Å². The van der Waals surface area contributed by atoms with Gasteiger partial charge in [0.2, 0.25) is 0 Å². The number of thiophene rings is 1. The number of nitrogens with zero attached hydrogens (tertiary/aromatic N) is 1. The van der Waals surface area contributed by atoms with E-state index in [9.17, 15) is 4.79 Å². The Morgan fingerprint density at radius 1 is 1.69 bits per heavy atom. The Kier molecular flexibility index (Phi) is 4.05. The van der Waals surface area contributed by atoms with E-state index < -0.39 is 5.54 Å². The summed E-state index contributed by atoms with van der Waals surface area (Å²) in [5, 5.41) is 13.6. The number of rotatable bonds is 4. The third-order valence-corrected chi connectivity index (χ3v) is 3.12. The molecule has 0 aliphatic heterocycles. The molecule has 0 bridgehead atoms. The van der Waals surface area contributed by atoms with Crippen molar-refractivity contribution >= 4 is 17.3 Å². The molecular weight excluding hydrogens is 224 g/mol. The van der Waals surface area contributed by atoms with E-state index in [4.69, 9.17) is 5.26 Å². The van der Waals surface area contributed by atoms with Crippen LogP contribution < -0.4 is 5.32 Å². The number of hydrogen-bond donors (Lipinski definition) is 1. The number of carbonyl (C=O) groups excluding carboxylic acids is 1. The minimum absolute atomic E-state index is 0.301. The van der Waals surface area contributed by atoms with E-state index in [-0.39, 0.29) is 5.97 Å². The first kappa shape index (κ1) is 12.7. The van der Waals surface area contributed by atoms with Gasteiger partial charge in [0.25, 0.3) is 0 Å². The van der Waals surface area contributed by atoms with Crippen LogP contribution in [-0.4, -0.2) is 18.6 Å². The van der Waals surface area contributed by atoms with Gasteiger partial charge in [-0.05, 0) is 19.9 Å². The second-order valence-electron chi connectivity index (χ2n) is 3.88. The maximum Gasteiger partial charge on any atom is 0.325 e. The molecule has 1 N–H and O–H groups in total. The Balaban J connectivity index is 2.58. The van der Waals surface area contributed by atoms with Gasteiger partial charge in [-0.15, -0.1) is 11.3 Å². The number of hydrogen-bond acceptors (Lipinski definition) is 5. The molecule has 0 amide bonds. The Morgan fingerprint density at radius 3 is 2.88 bits per heavy atom. The minimum Gasteiger partial charge on any atom is -0.468 e. The van der Waals surface area contributed by atoms with Gasteiger partial charge in [0, 0.05) is 16.8 Å². The SMILES string of the molecule is COC(=O)C(C)(C)NCc1cc(C#N)cs1. The second kappa shape index (κ2) is 5.10. The topological polar surface area (TPSA) is 62.1 Å². The molecule has 1 aromatic heterocycles. The highest BCUT2D eigenvalue weighted by molar-refractivity contribution is 7.10. The number of carbonyl (C=O) groups is 1. The lowest BCUT2D eigenvalue weighted by Crippen LogP contribution is -2.46. The number of nitrogens with one attached hydrogen (secondary N) is 1. The van der Waals surface area contributed by atoms with E-state index in [0.29, 0.717) is 12.1 Å². The monoisotopic (exact) mass is 238 g/mol. The highest BCUT2D eigenvalue weighted by atomic mass is 32.1. The lowest BCUT2D eigenvalue weighted by atomic mass is 10.1. The quantitative estimate of drug-likeness (QED) is 0.810. The standard InChI is InChI=1S/C11H14N2O2S/c1-11(2,10(14)15-3)13-6-9-4-8(5-12)7-16-9/h4,7,13H,6H2,1-3H3. The summed E-state index contributed by atoms with van der Waals surface area (Å²) < 4.78 is 4.68. The first-order valence-corrected chi connectivity index (χ1v) is 5.68. The normalized spacial score (nSPS) is 10.9. The predicted molar refractivity (Wildman–Crippen MR) is 62.0 cm³/mol. The van der Waals surface area contributed by atoms with Crippen molar-refractivity contribution in [1.82, 2.24) is 5.32 Å². The summed E-state index contributed by atoms with van der Waals surface area (Å²) >= 11 is 1.50. The summed E-state index contributed by atoms with van der Waals surface area (Å²) in [5.74, 6) is -0.301. The second-order valence-corrected chi connectivity index (χ2v) is 4.88. The van der Waals surface area contributed by atoms with Crippen LogP contribution in [0.1, 0.15) is 24.3 Å². The molecule has 0 unspecified atom stereocenters. The minimum atomic E-state index is -0.717. The van der Waals surface area contributed by atoms with Crippen LogP contribution in [0, 0.1) is 11.3 Å². The molecule has 0 radical (unpaired) electrons. The maximum atomic E-state index is 11.4. The third kappa shape index (κ3) is 3.05. The Morgan fingerprint density at radius 2 is 2.38 bits per heavy atom. The number of esters is 1. The fourth-order valence-corrected chi connectivity index (χ4v) is 1.92. The van der Waals surface area contributed by atoms with E-state index in [0.717, 1.165) is 4.88 Å². The lowest BCUT2D eigenvalue weighted by Gasteiger charge is -2.22. The van der Waals surface area contributed by atoms with Gasteiger partial charge in [-0.25, -0.2) is 0 Å². The molecule has 1 heterocycles. The van der Waals surface area contributed by atoms with Crippen molar-refractivity contribution in [3.63, 3.8) is 0 Å². The Bertz CT molecular complexity index is 418. The smallest absolute Gasteiger partial charge is 0.325 e. The first-order valence-electron chi connectivity index (χ1n) is 4.80. The van der Waals surface area contributed by atoms with Gasteiger partial charge in [0.05, 0.1) is 12.7 Å². The van der Waals surface area contributed by atoms with Crippen molar-refractivity contribution in [2.75, 3.05) is 7.11 Å². The summed E-state index contributed by atoms with van der Waals surface area (Å²) in [5.41, 5.74) is -0.0661. The van der Waals surface area contributed by atoms with Crippen LogP contribution in [0.3, 0.4) is 0 Å². The molecule has 0 fully saturated rings. The van der Waals surface area contributed by atoms with Gasteiger partial charge in [0.15, 0.2) is 0 Å². The average Bonchev–Trinajstić information content (AvgIpc) is 2.73. The van der Waals surface area contributed by atoms with Crippen molar-refractivity contribution < 1.29 is 9.53 Å². The highest BCUT2D eigenvalue weighted by Crippen LogP contribution is 2.15. The Labute approximate surface area is 98.8 Å². The molecule has 5 heteroatoms. The van der Waals surface area contributed by atoms with Crippen molar-refractivity contribution in [1.29, 1.82) is 5.26 Å². The summed E-state index contributed by atoms with van der Waals surface area (Å²) in [4.78, 5) is 12.4.